The molecule has 0 aromatic heterocycles. The first kappa shape index (κ1) is 19.7. The minimum absolute atomic E-state index is 0.100. The lowest BCUT2D eigenvalue weighted by Crippen LogP contribution is -2.42. The Morgan fingerprint density at radius 3 is 2.66 bits per heavy atom. The van der Waals surface area contributed by atoms with E-state index in [4.69, 9.17) is 9.47 Å². The number of amides is 2. The Bertz CT molecular complexity index is 895. The number of benzene rings is 2. The van der Waals surface area contributed by atoms with Crippen molar-refractivity contribution in [3.05, 3.63) is 42.0 Å². The molecular weight excluding hydrogens is 370 g/mol. The van der Waals surface area contributed by atoms with E-state index in [1.165, 1.54) is 0 Å². The van der Waals surface area contributed by atoms with Crippen LogP contribution in [0.4, 0.5) is 0 Å². The Morgan fingerprint density at radius 2 is 1.90 bits per heavy atom. The molecule has 7 nitrogen and oxygen atoms in total. The van der Waals surface area contributed by atoms with Gasteiger partial charge >= 0.3 is 0 Å². The van der Waals surface area contributed by atoms with Crippen molar-refractivity contribution in [3.63, 3.8) is 0 Å². The monoisotopic (exact) mass is 397 g/mol. The Balaban J connectivity index is 1.39. The highest BCUT2D eigenvalue weighted by atomic mass is 16.5. The van der Waals surface area contributed by atoms with Gasteiger partial charge in [0.1, 0.15) is 5.75 Å². The molecule has 0 spiro atoms. The summed E-state index contributed by atoms with van der Waals surface area (Å²) < 4.78 is 10.8. The number of morpholine rings is 1. The zero-order valence-corrected chi connectivity index (χ0v) is 16.7. The van der Waals surface area contributed by atoms with Crippen molar-refractivity contribution in [3.8, 4) is 5.75 Å². The molecule has 2 aromatic rings. The quantitative estimate of drug-likeness (QED) is 0.800. The van der Waals surface area contributed by atoms with Gasteiger partial charge in [-0.3, -0.25) is 14.5 Å². The average Bonchev–Trinajstić information content (AvgIpc) is 3.10. The summed E-state index contributed by atoms with van der Waals surface area (Å²) in [6.07, 6.45) is 0.350. The van der Waals surface area contributed by atoms with Crippen molar-refractivity contribution in [1.82, 2.24) is 15.1 Å². The molecule has 154 valence electrons. The maximum Gasteiger partial charge on any atom is 0.252 e. The van der Waals surface area contributed by atoms with E-state index in [1.54, 1.807) is 13.2 Å². The van der Waals surface area contributed by atoms with Crippen molar-refractivity contribution >= 4 is 22.6 Å². The zero-order chi connectivity index (χ0) is 20.2. The van der Waals surface area contributed by atoms with Gasteiger partial charge < -0.3 is 19.7 Å². The van der Waals surface area contributed by atoms with E-state index >= 15 is 0 Å². The van der Waals surface area contributed by atoms with E-state index in [-0.39, 0.29) is 17.9 Å². The summed E-state index contributed by atoms with van der Waals surface area (Å²) in [6, 6.07) is 11.1. The number of fused-ring (bicyclic) bond motifs is 1. The number of methoxy groups -OCH3 is 1. The van der Waals surface area contributed by atoms with E-state index in [2.05, 4.69) is 10.2 Å². The first-order valence-electron chi connectivity index (χ1n) is 10.1. The van der Waals surface area contributed by atoms with Crippen molar-refractivity contribution < 1.29 is 19.1 Å². The van der Waals surface area contributed by atoms with Gasteiger partial charge in [0.15, 0.2) is 0 Å². The molecule has 29 heavy (non-hydrogen) atoms. The van der Waals surface area contributed by atoms with Crippen LogP contribution in [0.1, 0.15) is 16.8 Å². The molecule has 2 heterocycles. The largest absolute Gasteiger partial charge is 0.496 e. The minimum atomic E-state index is -0.166. The molecule has 7 heteroatoms. The predicted molar refractivity (Wildman–Crippen MR) is 110 cm³/mol. The summed E-state index contributed by atoms with van der Waals surface area (Å²) in [7, 11) is 1.62. The second-order valence-electron chi connectivity index (χ2n) is 7.53. The number of ether oxygens (including phenoxy) is 2. The minimum Gasteiger partial charge on any atom is -0.496 e. The lowest BCUT2D eigenvalue weighted by atomic mass is 10.0. The summed E-state index contributed by atoms with van der Waals surface area (Å²) in [5.74, 6) is 0.683. The van der Waals surface area contributed by atoms with Gasteiger partial charge in [-0.2, -0.15) is 0 Å². The van der Waals surface area contributed by atoms with Crippen molar-refractivity contribution in [1.29, 1.82) is 0 Å². The molecule has 2 amide bonds. The number of hydrogen-bond acceptors (Lipinski definition) is 5. The number of nitrogens with one attached hydrogen (secondary N) is 1. The lowest BCUT2D eigenvalue weighted by molar-refractivity contribution is -0.128. The third-order valence-corrected chi connectivity index (χ3v) is 5.69. The lowest BCUT2D eigenvalue weighted by Gasteiger charge is -2.28. The van der Waals surface area contributed by atoms with Crippen molar-refractivity contribution in [2.24, 2.45) is 0 Å². The van der Waals surface area contributed by atoms with E-state index < -0.39 is 0 Å². The molecule has 1 N–H and O–H groups in total. The van der Waals surface area contributed by atoms with Gasteiger partial charge in [-0.15, -0.1) is 0 Å². The second-order valence-corrected chi connectivity index (χ2v) is 7.53. The van der Waals surface area contributed by atoms with Crippen molar-refractivity contribution in [2.75, 3.05) is 53.0 Å². The average molecular weight is 397 g/mol. The fourth-order valence-electron chi connectivity index (χ4n) is 4.08. The number of nitrogens with zero attached hydrogens (tertiary/aromatic N) is 2. The van der Waals surface area contributed by atoms with Crippen LogP contribution in [0, 0.1) is 0 Å². The summed E-state index contributed by atoms with van der Waals surface area (Å²) in [4.78, 5) is 29.5. The maximum atomic E-state index is 12.9. The van der Waals surface area contributed by atoms with Gasteiger partial charge in [0, 0.05) is 50.1 Å². The second kappa shape index (κ2) is 8.80. The number of hydrogen-bond donors (Lipinski definition) is 1. The molecule has 0 bridgehead atoms. The third-order valence-electron chi connectivity index (χ3n) is 5.69. The summed E-state index contributed by atoms with van der Waals surface area (Å²) in [5.41, 5.74) is 0.598. The van der Waals surface area contributed by atoms with Crippen LogP contribution in [0.5, 0.6) is 5.75 Å². The van der Waals surface area contributed by atoms with E-state index in [9.17, 15) is 9.59 Å². The van der Waals surface area contributed by atoms with Crippen molar-refractivity contribution in [2.45, 2.75) is 12.5 Å². The Labute approximate surface area is 170 Å². The van der Waals surface area contributed by atoms with E-state index in [1.807, 2.05) is 35.2 Å². The molecule has 2 fully saturated rings. The van der Waals surface area contributed by atoms with Crippen LogP contribution in [0.25, 0.3) is 10.8 Å². The predicted octanol–water partition coefficient (Wildman–Crippen LogP) is 1.51. The number of carbonyl (C=O) groups excluding carboxylic acids is 2. The van der Waals surface area contributed by atoms with Gasteiger partial charge in [0.05, 0.1) is 26.4 Å². The van der Waals surface area contributed by atoms with Crippen LogP contribution in [-0.2, 0) is 9.53 Å². The first-order chi connectivity index (χ1) is 14.2. The molecule has 0 saturated carbocycles. The van der Waals surface area contributed by atoms with Crippen LogP contribution in [-0.4, -0.2) is 80.7 Å². The normalized spacial score (nSPS) is 20.2. The maximum absolute atomic E-state index is 12.9. The van der Waals surface area contributed by atoms with Gasteiger partial charge in [0.25, 0.3) is 5.91 Å². The summed E-state index contributed by atoms with van der Waals surface area (Å²) in [6.45, 7) is 5.42. The van der Waals surface area contributed by atoms with Gasteiger partial charge in [-0.25, -0.2) is 0 Å². The Morgan fingerprint density at radius 1 is 1.14 bits per heavy atom. The highest BCUT2D eigenvalue weighted by Gasteiger charge is 2.31. The fourth-order valence-corrected chi connectivity index (χ4v) is 4.08. The van der Waals surface area contributed by atoms with Gasteiger partial charge in [-0.05, 0) is 17.5 Å². The number of carbonyl (C=O) groups is 2. The molecule has 0 aliphatic carbocycles. The highest BCUT2D eigenvalue weighted by molar-refractivity contribution is 6.08. The first-order valence-corrected chi connectivity index (χ1v) is 10.1. The van der Waals surface area contributed by atoms with Gasteiger partial charge in [-0.1, -0.05) is 24.3 Å². The molecular formula is C22H27N3O4. The van der Waals surface area contributed by atoms with Crippen LogP contribution < -0.4 is 10.1 Å². The highest BCUT2D eigenvalue weighted by Crippen LogP contribution is 2.28. The SMILES string of the molecule is COc1ccc(C(=O)NC2CC(=O)N(CCN3CCOCC3)C2)c2ccccc12. The smallest absolute Gasteiger partial charge is 0.252 e. The molecule has 4 rings (SSSR count). The molecule has 1 unspecified atom stereocenters. The van der Waals surface area contributed by atoms with Crippen LogP contribution in [0.3, 0.4) is 0 Å². The van der Waals surface area contributed by atoms with Crippen LogP contribution in [0.2, 0.25) is 0 Å². The molecule has 2 saturated heterocycles. The van der Waals surface area contributed by atoms with E-state index in [0.29, 0.717) is 25.1 Å². The van der Waals surface area contributed by atoms with Crippen LogP contribution in [0.15, 0.2) is 36.4 Å². The summed E-state index contributed by atoms with van der Waals surface area (Å²) in [5, 5.41) is 4.79. The van der Waals surface area contributed by atoms with Crippen LogP contribution >= 0.6 is 0 Å². The Kier molecular flexibility index (Phi) is 5.97. The standard InChI is InChI=1S/C22H27N3O4/c1-28-20-7-6-19(17-4-2-3-5-18(17)20)22(27)23-16-14-21(26)25(15-16)9-8-24-10-12-29-13-11-24/h2-7,16H,8-15H2,1H3,(H,23,27). The molecule has 2 aliphatic heterocycles. The fraction of sp³-hybridized carbons (Fsp3) is 0.455. The number of likely N-dealkylation sites (tertiary alicyclic amines) is 1. The molecule has 2 aliphatic rings. The van der Waals surface area contributed by atoms with E-state index in [0.717, 1.165) is 49.4 Å². The Hall–Kier alpha value is -2.64. The van der Waals surface area contributed by atoms with Gasteiger partial charge in [0.2, 0.25) is 5.91 Å². The molecule has 2 aromatic carbocycles. The molecule has 1 atom stereocenters. The summed E-state index contributed by atoms with van der Waals surface area (Å²) >= 11 is 0. The third kappa shape index (κ3) is 4.36. The number of rotatable bonds is 6. The zero-order valence-electron chi connectivity index (χ0n) is 16.7. The molecule has 0 radical (unpaired) electrons. The topological polar surface area (TPSA) is 71.1 Å².